The van der Waals surface area contributed by atoms with E-state index in [9.17, 15) is 18.0 Å². The first kappa shape index (κ1) is 10.5. The summed E-state index contributed by atoms with van der Waals surface area (Å²) >= 11 is 0. The van der Waals surface area contributed by atoms with E-state index in [0.29, 0.717) is 17.9 Å². The van der Waals surface area contributed by atoms with Crippen molar-refractivity contribution in [2.45, 2.75) is 31.9 Å². The van der Waals surface area contributed by atoms with E-state index in [-0.39, 0.29) is 0 Å². The predicted octanol–water partition coefficient (Wildman–Crippen LogP) is 2.59. The van der Waals surface area contributed by atoms with Crippen molar-refractivity contribution in [1.29, 1.82) is 0 Å². The van der Waals surface area contributed by atoms with Gasteiger partial charge in [0.05, 0.1) is 0 Å². The molecule has 0 aliphatic heterocycles. The van der Waals surface area contributed by atoms with Crippen LogP contribution >= 0.6 is 0 Å². The SMILES string of the molecule is O=C(OCC(F)(F)F)C1=C2CCC(C2)C1. The fraction of sp³-hybridized carbons (Fsp3) is 0.700. The topological polar surface area (TPSA) is 26.3 Å². The van der Waals surface area contributed by atoms with E-state index >= 15 is 0 Å². The standard InChI is InChI=1S/C10H11F3O2/c11-10(12,13)5-15-9(14)8-4-6-1-2-7(8)3-6/h6H,1-5H2. The van der Waals surface area contributed by atoms with E-state index in [4.69, 9.17) is 0 Å². The summed E-state index contributed by atoms with van der Waals surface area (Å²) in [6.45, 7) is -1.48. The molecule has 0 aromatic heterocycles. The number of fused-ring (bicyclic) bond motifs is 2. The van der Waals surface area contributed by atoms with Crippen molar-refractivity contribution < 1.29 is 22.7 Å². The predicted molar refractivity (Wildman–Crippen MR) is 46.0 cm³/mol. The zero-order chi connectivity index (χ0) is 11.1. The highest BCUT2D eigenvalue weighted by atomic mass is 19.4. The Hall–Kier alpha value is -1.00. The van der Waals surface area contributed by atoms with E-state index in [2.05, 4.69) is 4.74 Å². The van der Waals surface area contributed by atoms with Crippen molar-refractivity contribution in [2.75, 3.05) is 6.61 Å². The molecule has 5 heteroatoms. The van der Waals surface area contributed by atoms with Gasteiger partial charge in [-0.15, -0.1) is 0 Å². The number of carbonyl (C=O) groups excluding carboxylic acids is 1. The van der Waals surface area contributed by atoms with Crippen molar-refractivity contribution in [2.24, 2.45) is 5.92 Å². The van der Waals surface area contributed by atoms with Gasteiger partial charge >= 0.3 is 12.1 Å². The van der Waals surface area contributed by atoms with Gasteiger partial charge in [0.2, 0.25) is 0 Å². The number of ether oxygens (including phenoxy) is 1. The lowest BCUT2D eigenvalue weighted by Gasteiger charge is -2.12. The fourth-order valence-corrected chi connectivity index (χ4v) is 2.27. The molecule has 0 aromatic carbocycles. The number of alkyl halides is 3. The Bertz CT molecular complexity index is 317. The number of rotatable bonds is 2. The quantitative estimate of drug-likeness (QED) is 0.668. The van der Waals surface area contributed by atoms with Gasteiger partial charge in [-0.05, 0) is 31.6 Å². The third kappa shape index (κ3) is 2.33. The zero-order valence-corrected chi connectivity index (χ0v) is 8.06. The number of allylic oxidation sites excluding steroid dienone is 1. The zero-order valence-electron chi connectivity index (χ0n) is 8.06. The smallest absolute Gasteiger partial charge is 0.422 e. The van der Waals surface area contributed by atoms with Crippen molar-refractivity contribution in [3.63, 3.8) is 0 Å². The molecule has 2 nitrogen and oxygen atoms in total. The van der Waals surface area contributed by atoms with Gasteiger partial charge in [-0.1, -0.05) is 5.57 Å². The number of hydrogen-bond acceptors (Lipinski definition) is 2. The normalized spacial score (nSPS) is 24.9. The molecule has 2 rings (SSSR count). The summed E-state index contributed by atoms with van der Waals surface area (Å²) in [5.41, 5.74) is 1.50. The van der Waals surface area contributed by atoms with Crippen LogP contribution in [0.4, 0.5) is 13.2 Å². The van der Waals surface area contributed by atoms with Crippen LogP contribution in [0.1, 0.15) is 25.7 Å². The first-order valence-electron chi connectivity index (χ1n) is 4.90. The van der Waals surface area contributed by atoms with Crippen LogP contribution in [-0.4, -0.2) is 18.8 Å². The Morgan fingerprint density at radius 3 is 2.60 bits per heavy atom. The highest BCUT2D eigenvalue weighted by Gasteiger charge is 2.36. The van der Waals surface area contributed by atoms with Crippen LogP contribution in [0.25, 0.3) is 0 Å². The molecule has 2 aliphatic rings. The largest absolute Gasteiger partial charge is 0.453 e. The summed E-state index contributed by atoms with van der Waals surface area (Å²) in [6, 6.07) is 0. The van der Waals surface area contributed by atoms with Gasteiger partial charge in [0.25, 0.3) is 0 Å². The lowest BCUT2D eigenvalue weighted by atomic mass is 9.99. The Morgan fingerprint density at radius 1 is 1.40 bits per heavy atom. The molecule has 1 saturated carbocycles. The van der Waals surface area contributed by atoms with Crippen LogP contribution in [0.3, 0.4) is 0 Å². The van der Waals surface area contributed by atoms with Gasteiger partial charge < -0.3 is 4.74 Å². The second-order valence-electron chi connectivity index (χ2n) is 4.09. The maximum Gasteiger partial charge on any atom is 0.422 e. The number of esters is 1. The Kier molecular flexibility index (Phi) is 2.48. The lowest BCUT2D eigenvalue weighted by Crippen LogP contribution is -2.21. The third-order valence-corrected chi connectivity index (χ3v) is 2.92. The van der Waals surface area contributed by atoms with Crippen LogP contribution in [0.2, 0.25) is 0 Å². The molecule has 0 radical (unpaired) electrons. The summed E-state index contributed by atoms with van der Waals surface area (Å²) in [5, 5.41) is 0. The minimum atomic E-state index is -4.43. The van der Waals surface area contributed by atoms with Crippen LogP contribution in [0, 0.1) is 5.92 Å². The molecule has 2 aliphatic carbocycles. The molecular weight excluding hydrogens is 209 g/mol. The summed E-state index contributed by atoms with van der Waals surface area (Å²) in [6.07, 6.45) is -1.05. The highest BCUT2D eigenvalue weighted by molar-refractivity contribution is 5.90. The molecule has 1 fully saturated rings. The van der Waals surface area contributed by atoms with Gasteiger partial charge in [0.1, 0.15) is 0 Å². The molecule has 0 saturated heterocycles. The minimum absolute atomic E-state index is 0.466. The summed E-state index contributed by atoms with van der Waals surface area (Å²) in [5.74, 6) is -0.307. The summed E-state index contributed by atoms with van der Waals surface area (Å²) < 4.78 is 39.6. The van der Waals surface area contributed by atoms with E-state index in [1.54, 1.807) is 0 Å². The summed E-state index contributed by atoms with van der Waals surface area (Å²) in [7, 11) is 0. The average Bonchev–Trinajstić information content (AvgIpc) is 2.73. The maximum absolute atomic E-state index is 11.8. The van der Waals surface area contributed by atoms with E-state index in [0.717, 1.165) is 24.8 Å². The third-order valence-electron chi connectivity index (χ3n) is 2.92. The van der Waals surface area contributed by atoms with Crippen LogP contribution in [0.15, 0.2) is 11.1 Å². The van der Waals surface area contributed by atoms with Crippen molar-refractivity contribution >= 4 is 5.97 Å². The molecule has 0 amide bonds. The van der Waals surface area contributed by atoms with Crippen LogP contribution < -0.4 is 0 Å². The van der Waals surface area contributed by atoms with Gasteiger partial charge in [-0.2, -0.15) is 13.2 Å². The van der Waals surface area contributed by atoms with Gasteiger partial charge in [-0.3, -0.25) is 0 Å². The van der Waals surface area contributed by atoms with Crippen LogP contribution in [-0.2, 0) is 9.53 Å². The second kappa shape index (κ2) is 3.54. The molecule has 2 bridgehead atoms. The first-order chi connectivity index (χ1) is 6.96. The molecule has 1 unspecified atom stereocenters. The van der Waals surface area contributed by atoms with Gasteiger partial charge in [-0.25, -0.2) is 4.79 Å². The maximum atomic E-state index is 11.8. The van der Waals surface area contributed by atoms with E-state index in [1.165, 1.54) is 0 Å². The monoisotopic (exact) mass is 220 g/mol. The number of halogens is 3. The molecule has 0 heterocycles. The van der Waals surface area contributed by atoms with E-state index < -0.39 is 18.8 Å². The molecule has 84 valence electrons. The minimum Gasteiger partial charge on any atom is -0.453 e. The molecule has 0 N–H and O–H groups in total. The van der Waals surface area contributed by atoms with Gasteiger partial charge in [0.15, 0.2) is 6.61 Å². The lowest BCUT2D eigenvalue weighted by molar-refractivity contribution is -0.183. The van der Waals surface area contributed by atoms with Crippen molar-refractivity contribution in [1.82, 2.24) is 0 Å². The van der Waals surface area contributed by atoms with Crippen molar-refractivity contribution in [3.8, 4) is 0 Å². The molecule has 0 spiro atoms. The summed E-state index contributed by atoms with van der Waals surface area (Å²) in [4.78, 5) is 11.3. The second-order valence-corrected chi connectivity index (χ2v) is 4.09. The average molecular weight is 220 g/mol. The van der Waals surface area contributed by atoms with Crippen molar-refractivity contribution in [3.05, 3.63) is 11.1 Å². The van der Waals surface area contributed by atoms with Gasteiger partial charge in [0, 0.05) is 5.57 Å². The fourth-order valence-electron chi connectivity index (χ4n) is 2.27. The molecule has 0 aromatic rings. The molecule has 15 heavy (non-hydrogen) atoms. The number of carbonyl (C=O) groups is 1. The Morgan fingerprint density at radius 2 is 2.13 bits per heavy atom. The van der Waals surface area contributed by atoms with Crippen LogP contribution in [0.5, 0.6) is 0 Å². The Balaban J connectivity index is 1.92. The number of hydrogen-bond donors (Lipinski definition) is 0. The first-order valence-corrected chi connectivity index (χ1v) is 4.90. The van der Waals surface area contributed by atoms with E-state index in [1.807, 2.05) is 0 Å². The Labute approximate surface area is 85.1 Å². The highest BCUT2D eigenvalue weighted by Crippen LogP contribution is 2.44. The molecular formula is C10H11F3O2. The molecule has 1 atom stereocenters.